The van der Waals surface area contributed by atoms with Gasteiger partial charge in [0.15, 0.2) is 0 Å². The minimum atomic E-state index is -0.953. The number of ether oxygens (including phenoxy) is 1. The van der Waals surface area contributed by atoms with Crippen molar-refractivity contribution in [3.05, 3.63) is 66.2 Å². The van der Waals surface area contributed by atoms with E-state index in [1.807, 2.05) is 30.3 Å². The highest BCUT2D eigenvalue weighted by Crippen LogP contribution is 2.23. The first-order chi connectivity index (χ1) is 12.5. The number of pyridine rings is 1. The quantitative estimate of drug-likeness (QED) is 0.431. The van der Waals surface area contributed by atoms with Gasteiger partial charge < -0.3 is 10.5 Å². The number of para-hydroxylation sites is 1. The van der Waals surface area contributed by atoms with Crippen LogP contribution in [-0.4, -0.2) is 27.3 Å². The lowest BCUT2D eigenvalue weighted by Crippen LogP contribution is -2.38. The van der Waals surface area contributed by atoms with Crippen LogP contribution in [0.1, 0.15) is 12.5 Å². The molecule has 6 nitrogen and oxygen atoms in total. The second kappa shape index (κ2) is 7.55. The van der Waals surface area contributed by atoms with E-state index in [0.717, 1.165) is 10.9 Å². The third-order valence-electron chi connectivity index (χ3n) is 3.65. The Kier molecular flexibility index (Phi) is 5.02. The van der Waals surface area contributed by atoms with Crippen LogP contribution in [0.25, 0.3) is 10.9 Å². The van der Waals surface area contributed by atoms with E-state index >= 15 is 0 Å². The van der Waals surface area contributed by atoms with Crippen LogP contribution in [0.5, 0.6) is 11.6 Å². The van der Waals surface area contributed by atoms with Crippen molar-refractivity contribution >= 4 is 16.9 Å². The number of nitrogens with zero attached hydrogens (tertiary/aromatic N) is 2. The molecule has 130 valence electrons. The van der Waals surface area contributed by atoms with Crippen LogP contribution in [0.15, 0.2) is 60.7 Å². The van der Waals surface area contributed by atoms with Gasteiger partial charge in [-0.05, 0) is 37.3 Å². The molecule has 6 heteroatoms. The van der Waals surface area contributed by atoms with Gasteiger partial charge in [-0.2, -0.15) is 5.06 Å². The Morgan fingerprint density at radius 3 is 2.81 bits per heavy atom. The Balaban J connectivity index is 1.78. The fourth-order valence-corrected chi connectivity index (χ4v) is 2.30. The maximum absolute atomic E-state index is 10.9. The fraction of sp³-hybridized carbons (Fsp3) is 0.100. The van der Waals surface area contributed by atoms with Gasteiger partial charge in [0.05, 0.1) is 5.52 Å². The molecule has 3 aromatic rings. The summed E-state index contributed by atoms with van der Waals surface area (Å²) in [6.45, 7) is 1.57. The van der Waals surface area contributed by atoms with Crippen LogP contribution in [0.2, 0.25) is 0 Å². The highest BCUT2D eigenvalue weighted by Gasteiger charge is 2.11. The second-order valence-corrected chi connectivity index (χ2v) is 5.60. The number of nitrogens with two attached hydrogens (primary N) is 1. The summed E-state index contributed by atoms with van der Waals surface area (Å²) in [4.78, 5) is 15.4. The number of rotatable bonds is 3. The zero-order valence-electron chi connectivity index (χ0n) is 14.1. The lowest BCUT2D eigenvalue weighted by atomic mass is 10.2. The molecule has 2 amide bonds. The third kappa shape index (κ3) is 4.09. The van der Waals surface area contributed by atoms with Crippen molar-refractivity contribution in [2.45, 2.75) is 13.0 Å². The van der Waals surface area contributed by atoms with Crippen molar-refractivity contribution in [2.24, 2.45) is 5.73 Å². The fourth-order valence-electron chi connectivity index (χ4n) is 2.30. The van der Waals surface area contributed by atoms with Gasteiger partial charge in [-0.15, -0.1) is 0 Å². The van der Waals surface area contributed by atoms with Gasteiger partial charge in [-0.3, -0.25) is 5.21 Å². The summed E-state index contributed by atoms with van der Waals surface area (Å²) in [6.07, 6.45) is 0. The first-order valence-electron chi connectivity index (χ1n) is 7.96. The molecular weight excluding hydrogens is 330 g/mol. The summed E-state index contributed by atoms with van der Waals surface area (Å²) in [5.41, 5.74) is 6.52. The zero-order valence-corrected chi connectivity index (χ0v) is 14.1. The number of carbonyl (C=O) groups is 1. The van der Waals surface area contributed by atoms with E-state index in [1.165, 1.54) is 0 Å². The van der Waals surface area contributed by atoms with Crippen molar-refractivity contribution in [3.63, 3.8) is 0 Å². The average molecular weight is 347 g/mol. The molecule has 0 aliphatic heterocycles. The molecular formula is C20H17N3O3. The first-order valence-corrected chi connectivity index (χ1v) is 7.96. The van der Waals surface area contributed by atoms with Gasteiger partial charge in [0.25, 0.3) is 0 Å². The topological polar surface area (TPSA) is 88.7 Å². The van der Waals surface area contributed by atoms with Crippen LogP contribution < -0.4 is 10.5 Å². The van der Waals surface area contributed by atoms with E-state index in [1.54, 1.807) is 37.3 Å². The Labute approximate surface area is 150 Å². The number of amides is 2. The van der Waals surface area contributed by atoms with Crippen LogP contribution in [0, 0.1) is 11.8 Å². The smallest absolute Gasteiger partial charge is 0.339 e. The molecule has 0 aliphatic rings. The van der Waals surface area contributed by atoms with Crippen molar-refractivity contribution in [1.82, 2.24) is 10.0 Å². The van der Waals surface area contributed by atoms with Crippen molar-refractivity contribution in [1.29, 1.82) is 0 Å². The number of carbonyl (C=O) groups excluding carboxylic acids is 1. The molecule has 0 aliphatic carbocycles. The average Bonchev–Trinajstić information content (AvgIpc) is 2.65. The predicted octanol–water partition coefficient (Wildman–Crippen LogP) is 3.54. The standard InChI is InChI=1S/C20H17N3O3/c1-14(23(25)20(21)24)9-10-15-5-4-7-17(13-15)26-19-12-11-16-6-2-3-8-18(16)22-19/h2-8,11-14,25H,1H3,(H2,21,24). The van der Waals surface area contributed by atoms with Gasteiger partial charge in [-0.25, -0.2) is 9.78 Å². The van der Waals surface area contributed by atoms with Gasteiger partial charge in [0, 0.05) is 17.0 Å². The van der Waals surface area contributed by atoms with Crippen LogP contribution >= 0.6 is 0 Å². The molecule has 0 spiro atoms. The van der Waals surface area contributed by atoms with Gasteiger partial charge >= 0.3 is 6.03 Å². The van der Waals surface area contributed by atoms with Gasteiger partial charge in [-0.1, -0.05) is 36.1 Å². The van der Waals surface area contributed by atoms with E-state index in [2.05, 4.69) is 16.8 Å². The molecule has 0 saturated heterocycles. The SMILES string of the molecule is CC(C#Cc1cccc(Oc2ccc3ccccc3n2)c1)N(O)C(N)=O. The van der Waals surface area contributed by atoms with Gasteiger partial charge in [0.1, 0.15) is 11.8 Å². The summed E-state index contributed by atoms with van der Waals surface area (Å²) >= 11 is 0. The number of benzene rings is 2. The van der Waals surface area contributed by atoms with Gasteiger partial charge in [0.2, 0.25) is 5.88 Å². The largest absolute Gasteiger partial charge is 0.439 e. The molecule has 1 heterocycles. The number of primary amides is 1. The molecule has 1 atom stereocenters. The minimum Gasteiger partial charge on any atom is -0.439 e. The number of aromatic nitrogens is 1. The highest BCUT2D eigenvalue weighted by molar-refractivity contribution is 5.78. The van der Waals surface area contributed by atoms with E-state index < -0.39 is 12.1 Å². The lowest BCUT2D eigenvalue weighted by Gasteiger charge is -2.14. The first kappa shape index (κ1) is 17.3. The monoisotopic (exact) mass is 347 g/mol. The number of hydroxylamine groups is 2. The van der Waals surface area contributed by atoms with Crippen molar-refractivity contribution in [3.8, 4) is 23.5 Å². The molecule has 0 saturated carbocycles. The Morgan fingerprint density at radius 2 is 2.00 bits per heavy atom. The van der Waals surface area contributed by atoms with Crippen molar-refractivity contribution in [2.75, 3.05) is 0 Å². The van der Waals surface area contributed by atoms with Crippen LogP contribution in [0.4, 0.5) is 4.79 Å². The lowest BCUT2D eigenvalue weighted by molar-refractivity contribution is -0.0536. The van der Waals surface area contributed by atoms with Crippen molar-refractivity contribution < 1.29 is 14.7 Å². The second-order valence-electron chi connectivity index (χ2n) is 5.60. The molecule has 3 N–H and O–H groups in total. The Morgan fingerprint density at radius 1 is 1.19 bits per heavy atom. The summed E-state index contributed by atoms with van der Waals surface area (Å²) in [7, 11) is 0. The molecule has 0 bridgehead atoms. The normalized spacial score (nSPS) is 11.3. The number of hydrogen-bond acceptors (Lipinski definition) is 4. The van der Waals surface area contributed by atoms with E-state index in [-0.39, 0.29) is 0 Å². The molecule has 3 rings (SSSR count). The molecule has 1 unspecified atom stereocenters. The zero-order chi connectivity index (χ0) is 18.5. The number of fused-ring (bicyclic) bond motifs is 1. The molecule has 2 aromatic carbocycles. The summed E-state index contributed by atoms with van der Waals surface area (Å²) < 4.78 is 5.81. The summed E-state index contributed by atoms with van der Waals surface area (Å²) in [6, 6.07) is 17.0. The molecule has 0 radical (unpaired) electrons. The number of urea groups is 1. The predicted molar refractivity (Wildman–Crippen MR) is 97.8 cm³/mol. The third-order valence-corrected chi connectivity index (χ3v) is 3.65. The van der Waals surface area contributed by atoms with Crippen LogP contribution in [-0.2, 0) is 0 Å². The van der Waals surface area contributed by atoms with E-state index in [9.17, 15) is 10.0 Å². The molecule has 0 fully saturated rings. The molecule has 1 aromatic heterocycles. The highest BCUT2D eigenvalue weighted by atomic mass is 16.5. The van der Waals surface area contributed by atoms with Crippen LogP contribution in [0.3, 0.4) is 0 Å². The minimum absolute atomic E-state index is 0.381. The summed E-state index contributed by atoms with van der Waals surface area (Å²) in [5.74, 6) is 6.70. The summed E-state index contributed by atoms with van der Waals surface area (Å²) in [5, 5.41) is 10.9. The van der Waals surface area contributed by atoms with E-state index in [0.29, 0.717) is 22.3 Å². The van der Waals surface area contributed by atoms with E-state index in [4.69, 9.17) is 10.5 Å². The maximum atomic E-state index is 10.9. The Hall–Kier alpha value is -3.56. The molecule has 26 heavy (non-hydrogen) atoms. The number of hydrogen-bond donors (Lipinski definition) is 2. The Bertz CT molecular complexity index is 1010. The maximum Gasteiger partial charge on any atom is 0.339 e.